The molecule has 0 atom stereocenters. The molecule has 0 saturated heterocycles. The highest BCUT2D eigenvalue weighted by Gasteiger charge is 2.21. The Morgan fingerprint density at radius 3 is 3.06 bits per heavy atom. The quantitative estimate of drug-likeness (QED) is 0.829. The SMILES string of the molecule is COC1=CC(c2ccc[nH]2)=N/C1=C\NC1CC1. The van der Waals surface area contributed by atoms with E-state index >= 15 is 0 Å². The maximum Gasteiger partial charge on any atom is 0.148 e. The zero-order chi connectivity index (χ0) is 11.7. The van der Waals surface area contributed by atoms with E-state index in [0.717, 1.165) is 22.9 Å². The minimum absolute atomic E-state index is 0.630. The zero-order valence-electron chi connectivity index (χ0n) is 9.73. The average molecular weight is 229 g/mol. The summed E-state index contributed by atoms with van der Waals surface area (Å²) in [6, 6.07) is 4.59. The third kappa shape index (κ3) is 2.11. The molecule has 1 fully saturated rings. The van der Waals surface area contributed by atoms with Crippen LogP contribution in [0.5, 0.6) is 0 Å². The molecule has 0 amide bonds. The number of hydrogen-bond donors (Lipinski definition) is 2. The molecule has 1 aliphatic heterocycles. The lowest BCUT2D eigenvalue weighted by Gasteiger charge is -2.02. The third-order valence-corrected chi connectivity index (χ3v) is 2.89. The van der Waals surface area contributed by atoms with Gasteiger partial charge < -0.3 is 15.0 Å². The Kier molecular flexibility index (Phi) is 2.48. The summed E-state index contributed by atoms with van der Waals surface area (Å²) in [6.07, 6.45) is 8.30. The Balaban J connectivity index is 1.84. The van der Waals surface area contributed by atoms with Crippen LogP contribution < -0.4 is 5.32 Å². The van der Waals surface area contributed by atoms with Crippen LogP contribution in [-0.4, -0.2) is 23.8 Å². The molecule has 0 unspecified atom stereocenters. The molecule has 3 rings (SSSR count). The molecule has 0 radical (unpaired) electrons. The standard InChI is InChI=1S/C13H15N3O/c1-17-13-7-11(10-3-2-6-14-10)16-12(13)8-15-9-4-5-9/h2-3,6-9,14-15H,4-5H2,1H3/b12-8-. The van der Waals surface area contributed by atoms with Crippen molar-refractivity contribution in [1.82, 2.24) is 10.3 Å². The summed E-state index contributed by atoms with van der Waals surface area (Å²) in [4.78, 5) is 7.69. The number of allylic oxidation sites excluding steroid dienone is 1. The van der Waals surface area contributed by atoms with Gasteiger partial charge in [-0.15, -0.1) is 0 Å². The number of nitrogens with one attached hydrogen (secondary N) is 2. The van der Waals surface area contributed by atoms with Gasteiger partial charge in [0.1, 0.15) is 11.5 Å². The smallest absolute Gasteiger partial charge is 0.148 e. The fraction of sp³-hybridized carbons (Fsp3) is 0.308. The first-order valence-corrected chi connectivity index (χ1v) is 5.81. The fourth-order valence-electron chi connectivity index (χ4n) is 1.76. The van der Waals surface area contributed by atoms with E-state index in [1.165, 1.54) is 12.8 Å². The zero-order valence-corrected chi connectivity index (χ0v) is 9.73. The number of aromatic amines is 1. The van der Waals surface area contributed by atoms with Crippen LogP contribution in [0.3, 0.4) is 0 Å². The monoisotopic (exact) mass is 229 g/mol. The van der Waals surface area contributed by atoms with E-state index in [1.54, 1.807) is 7.11 Å². The highest BCUT2D eigenvalue weighted by atomic mass is 16.5. The first-order valence-electron chi connectivity index (χ1n) is 5.81. The van der Waals surface area contributed by atoms with Crippen molar-refractivity contribution in [3.63, 3.8) is 0 Å². The van der Waals surface area contributed by atoms with Crippen molar-refractivity contribution in [3.8, 4) is 0 Å². The van der Waals surface area contributed by atoms with E-state index in [2.05, 4.69) is 15.3 Å². The van der Waals surface area contributed by atoms with Crippen molar-refractivity contribution >= 4 is 5.71 Å². The van der Waals surface area contributed by atoms with Gasteiger partial charge in [0.05, 0.1) is 18.5 Å². The number of aliphatic imine (C=N–C) groups is 1. The number of aromatic nitrogens is 1. The Labute approximate surface area is 100 Å². The van der Waals surface area contributed by atoms with Crippen LogP contribution in [-0.2, 0) is 4.74 Å². The Morgan fingerprint density at radius 2 is 2.41 bits per heavy atom. The van der Waals surface area contributed by atoms with E-state index in [-0.39, 0.29) is 0 Å². The molecule has 4 heteroatoms. The molecule has 0 bridgehead atoms. The summed E-state index contributed by atoms with van der Waals surface area (Å²) in [5, 5.41) is 3.33. The van der Waals surface area contributed by atoms with Crippen molar-refractivity contribution in [1.29, 1.82) is 0 Å². The molecule has 17 heavy (non-hydrogen) atoms. The maximum absolute atomic E-state index is 5.33. The summed E-state index contributed by atoms with van der Waals surface area (Å²) in [5.41, 5.74) is 2.79. The third-order valence-electron chi connectivity index (χ3n) is 2.89. The van der Waals surface area contributed by atoms with Crippen LogP contribution in [0.1, 0.15) is 18.5 Å². The summed E-state index contributed by atoms with van der Waals surface area (Å²) >= 11 is 0. The molecule has 88 valence electrons. The topological polar surface area (TPSA) is 49.4 Å². The summed E-state index contributed by atoms with van der Waals surface area (Å²) in [7, 11) is 1.67. The number of ether oxygens (including phenoxy) is 1. The molecule has 2 N–H and O–H groups in total. The van der Waals surface area contributed by atoms with E-state index in [0.29, 0.717) is 6.04 Å². The minimum Gasteiger partial charge on any atom is -0.494 e. The second kappa shape index (κ2) is 4.13. The van der Waals surface area contributed by atoms with Gasteiger partial charge >= 0.3 is 0 Å². The van der Waals surface area contributed by atoms with E-state index in [1.807, 2.05) is 30.6 Å². The van der Waals surface area contributed by atoms with E-state index in [9.17, 15) is 0 Å². The number of rotatable bonds is 4. The van der Waals surface area contributed by atoms with Crippen molar-refractivity contribution in [2.45, 2.75) is 18.9 Å². The molecule has 0 spiro atoms. The predicted molar refractivity (Wildman–Crippen MR) is 66.7 cm³/mol. The van der Waals surface area contributed by atoms with E-state index < -0.39 is 0 Å². The predicted octanol–water partition coefficient (Wildman–Crippen LogP) is 1.94. The molecule has 2 heterocycles. The molecule has 0 aromatic carbocycles. The van der Waals surface area contributed by atoms with Crippen LogP contribution in [0.15, 0.2) is 47.1 Å². The first kappa shape index (κ1) is 10.2. The highest BCUT2D eigenvalue weighted by molar-refractivity contribution is 6.10. The number of nitrogens with zero attached hydrogens (tertiary/aromatic N) is 1. The van der Waals surface area contributed by atoms with Crippen molar-refractivity contribution in [2.75, 3.05) is 7.11 Å². The van der Waals surface area contributed by atoms with Gasteiger partial charge in [-0.05, 0) is 25.0 Å². The van der Waals surface area contributed by atoms with Crippen molar-refractivity contribution in [2.24, 2.45) is 4.99 Å². The lowest BCUT2D eigenvalue weighted by atomic mass is 10.2. The van der Waals surface area contributed by atoms with Gasteiger partial charge in [-0.25, -0.2) is 4.99 Å². The fourth-order valence-corrected chi connectivity index (χ4v) is 1.76. The Bertz CT molecular complexity index is 493. The number of H-pyrrole nitrogens is 1. The molecular formula is C13H15N3O. The summed E-state index contributed by atoms with van der Waals surface area (Å²) in [6.45, 7) is 0. The number of methoxy groups -OCH3 is 1. The van der Waals surface area contributed by atoms with Gasteiger partial charge in [-0.1, -0.05) is 0 Å². The van der Waals surface area contributed by atoms with Crippen molar-refractivity contribution < 1.29 is 4.74 Å². The van der Waals surface area contributed by atoms with Gasteiger partial charge in [-0.2, -0.15) is 0 Å². The van der Waals surface area contributed by atoms with Gasteiger partial charge in [0.2, 0.25) is 0 Å². The Hall–Kier alpha value is -1.97. The molecular weight excluding hydrogens is 214 g/mol. The van der Waals surface area contributed by atoms with Gasteiger partial charge in [0.15, 0.2) is 0 Å². The van der Waals surface area contributed by atoms with Gasteiger partial charge in [0.25, 0.3) is 0 Å². The van der Waals surface area contributed by atoms with Crippen molar-refractivity contribution in [3.05, 3.63) is 47.8 Å². The lowest BCUT2D eigenvalue weighted by Crippen LogP contribution is -2.08. The summed E-state index contributed by atoms with van der Waals surface area (Å²) < 4.78 is 5.33. The Morgan fingerprint density at radius 1 is 1.53 bits per heavy atom. The lowest BCUT2D eigenvalue weighted by molar-refractivity contribution is 0.302. The van der Waals surface area contributed by atoms with Gasteiger partial charge in [0, 0.05) is 24.5 Å². The molecule has 1 saturated carbocycles. The van der Waals surface area contributed by atoms with Crippen LogP contribution >= 0.6 is 0 Å². The van der Waals surface area contributed by atoms with Gasteiger partial charge in [-0.3, -0.25) is 0 Å². The summed E-state index contributed by atoms with van der Waals surface area (Å²) in [5.74, 6) is 0.808. The van der Waals surface area contributed by atoms with Crippen LogP contribution in [0.2, 0.25) is 0 Å². The molecule has 2 aliphatic rings. The first-order chi connectivity index (χ1) is 8.36. The van der Waals surface area contributed by atoms with Crippen LogP contribution in [0, 0.1) is 0 Å². The second-order valence-electron chi connectivity index (χ2n) is 4.26. The van der Waals surface area contributed by atoms with Crippen LogP contribution in [0.25, 0.3) is 0 Å². The molecule has 1 aromatic rings. The normalized spacial score (nSPS) is 21.4. The van der Waals surface area contributed by atoms with Crippen LogP contribution in [0.4, 0.5) is 0 Å². The largest absolute Gasteiger partial charge is 0.494 e. The molecule has 4 nitrogen and oxygen atoms in total. The molecule has 1 aliphatic carbocycles. The van der Waals surface area contributed by atoms with E-state index in [4.69, 9.17) is 4.74 Å². The minimum atomic E-state index is 0.630. The average Bonchev–Trinajstić information content (AvgIpc) is 2.88. The maximum atomic E-state index is 5.33. The molecule has 1 aromatic heterocycles. The second-order valence-corrected chi connectivity index (χ2v) is 4.26. The highest BCUT2D eigenvalue weighted by Crippen LogP contribution is 2.23. The number of hydrogen-bond acceptors (Lipinski definition) is 3.